The summed E-state index contributed by atoms with van der Waals surface area (Å²) < 4.78 is 1.07. The van der Waals surface area contributed by atoms with Crippen molar-refractivity contribution in [3.8, 4) is 0 Å². The predicted molar refractivity (Wildman–Crippen MR) is 90.0 cm³/mol. The van der Waals surface area contributed by atoms with Gasteiger partial charge in [-0.3, -0.25) is 4.79 Å². The fourth-order valence-electron chi connectivity index (χ4n) is 3.09. The van der Waals surface area contributed by atoms with Crippen LogP contribution in [0.3, 0.4) is 0 Å². The molecule has 0 aliphatic carbocycles. The van der Waals surface area contributed by atoms with Gasteiger partial charge in [-0.25, -0.2) is 0 Å². The molecule has 0 spiro atoms. The Morgan fingerprint density at radius 2 is 2.00 bits per heavy atom. The maximum Gasteiger partial charge on any atom is 0.223 e. The Bertz CT molecular complexity index is 536. The molecule has 1 aromatic rings. The third kappa shape index (κ3) is 3.49. The van der Waals surface area contributed by atoms with Gasteiger partial charge in [0.15, 0.2) is 0 Å². The predicted octanol–water partition coefficient (Wildman–Crippen LogP) is 3.94. The van der Waals surface area contributed by atoms with E-state index in [-0.39, 0.29) is 23.5 Å². The van der Waals surface area contributed by atoms with Crippen LogP contribution in [-0.4, -0.2) is 22.4 Å². The summed E-state index contributed by atoms with van der Waals surface area (Å²) in [4.78, 5) is 14.6. The number of rotatable bonds is 1. The molecule has 1 heterocycles. The molecule has 1 fully saturated rings. The molecule has 1 amide bonds. The van der Waals surface area contributed by atoms with E-state index in [9.17, 15) is 4.79 Å². The van der Waals surface area contributed by atoms with Crippen molar-refractivity contribution in [2.24, 2.45) is 5.73 Å². The second kappa shape index (κ2) is 6.09. The van der Waals surface area contributed by atoms with Crippen LogP contribution in [0, 0.1) is 6.92 Å². The highest BCUT2D eigenvalue weighted by Gasteiger charge is 2.38. The van der Waals surface area contributed by atoms with E-state index in [1.165, 1.54) is 5.56 Å². The van der Waals surface area contributed by atoms with Gasteiger partial charge in [-0.1, -0.05) is 28.1 Å². The Morgan fingerprint density at radius 3 is 2.57 bits per heavy atom. The molecular weight excluding hydrogens is 328 g/mol. The number of hydrogen-bond acceptors (Lipinski definition) is 2. The van der Waals surface area contributed by atoms with Gasteiger partial charge in [0.05, 0.1) is 6.04 Å². The average Bonchev–Trinajstić information content (AvgIpc) is 2.51. The van der Waals surface area contributed by atoms with Crippen molar-refractivity contribution >= 4 is 21.8 Å². The van der Waals surface area contributed by atoms with Gasteiger partial charge in [0.1, 0.15) is 0 Å². The zero-order chi connectivity index (χ0) is 15.8. The number of aryl methyl sites for hydroxylation is 1. The van der Waals surface area contributed by atoms with E-state index in [0.717, 1.165) is 22.9 Å². The van der Waals surface area contributed by atoms with Crippen LogP contribution in [0.5, 0.6) is 0 Å². The average molecular weight is 353 g/mol. The molecule has 3 nitrogen and oxygen atoms in total. The van der Waals surface area contributed by atoms with Gasteiger partial charge >= 0.3 is 0 Å². The van der Waals surface area contributed by atoms with E-state index in [4.69, 9.17) is 5.73 Å². The highest BCUT2D eigenvalue weighted by Crippen LogP contribution is 2.36. The van der Waals surface area contributed by atoms with Crippen LogP contribution in [0.15, 0.2) is 22.7 Å². The number of nitrogens with two attached hydrogens (primary N) is 1. The lowest BCUT2D eigenvalue weighted by Crippen LogP contribution is -2.51. The highest BCUT2D eigenvalue weighted by atomic mass is 79.9. The molecule has 2 unspecified atom stereocenters. The Kier molecular flexibility index (Phi) is 4.79. The molecule has 21 heavy (non-hydrogen) atoms. The maximum absolute atomic E-state index is 12.6. The van der Waals surface area contributed by atoms with Crippen molar-refractivity contribution in [2.45, 2.75) is 64.6 Å². The van der Waals surface area contributed by atoms with Crippen molar-refractivity contribution in [2.75, 3.05) is 0 Å². The zero-order valence-electron chi connectivity index (χ0n) is 13.3. The van der Waals surface area contributed by atoms with Crippen molar-refractivity contribution in [1.82, 2.24) is 4.90 Å². The fourth-order valence-corrected chi connectivity index (χ4v) is 3.49. The van der Waals surface area contributed by atoms with Crippen LogP contribution in [0.4, 0.5) is 0 Å². The van der Waals surface area contributed by atoms with E-state index >= 15 is 0 Å². The maximum atomic E-state index is 12.6. The summed E-state index contributed by atoms with van der Waals surface area (Å²) in [5.74, 6) is 0.206. The van der Waals surface area contributed by atoms with E-state index in [2.05, 4.69) is 61.8 Å². The smallest absolute Gasteiger partial charge is 0.223 e. The van der Waals surface area contributed by atoms with Gasteiger partial charge in [0, 0.05) is 22.5 Å². The van der Waals surface area contributed by atoms with Crippen LogP contribution in [-0.2, 0) is 4.79 Å². The zero-order valence-corrected chi connectivity index (χ0v) is 14.9. The van der Waals surface area contributed by atoms with Gasteiger partial charge < -0.3 is 10.6 Å². The van der Waals surface area contributed by atoms with Crippen molar-refractivity contribution in [1.29, 1.82) is 0 Å². The molecule has 2 N–H and O–H groups in total. The van der Waals surface area contributed by atoms with E-state index in [1.54, 1.807) is 0 Å². The molecule has 0 bridgehead atoms. The second-order valence-corrected chi connectivity index (χ2v) is 7.80. The molecule has 1 aliphatic rings. The summed E-state index contributed by atoms with van der Waals surface area (Å²) in [5.41, 5.74) is 8.51. The SMILES string of the molecule is Cc1ccc(C2C(N)CCCC(=O)N2C(C)(C)C)cc1Br. The Morgan fingerprint density at radius 1 is 1.33 bits per heavy atom. The molecule has 116 valence electrons. The first-order valence-electron chi connectivity index (χ1n) is 7.55. The Hall–Kier alpha value is -0.870. The number of carbonyl (C=O) groups excluding carboxylic acids is 1. The summed E-state index contributed by atoms with van der Waals surface area (Å²) in [6.07, 6.45) is 2.35. The first-order valence-corrected chi connectivity index (χ1v) is 8.35. The molecule has 0 saturated carbocycles. The molecule has 0 radical (unpaired) electrons. The van der Waals surface area contributed by atoms with Crippen LogP contribution >= 0.6 is 15.9 Å². The van der Waals surface area contributed by atoms with Gasteiger partial charge in [-0.05, 0) is 57.7 Å². The van der Waals surface area contributed by atoms with Crippen LogP contribution < -0.4 is 5.73 Å². The lowest BCUT2D eigenvalue weighted by Gasteiger charge is -2.43. The number of amides is 1. The minimum absolute atomic E-state index is 0.0229. The molecule has 1 aromatic carbocycles. The van der Waals surface area contributed by atoms with Crippen molar-refractivity contribution in [3.05, 3.63) is 33.8 Å². The number of benzene rings is 1. The van der Waals surface area contributed by atoms with E-state index in [0.29, 0.717) is 6.42 Å². The Labute approximate surface area is 136 Å². The minimum atomic E-state index is -0.235. The van der Waals surface area contributed by atoms with Crippen molar-refractivity contribution in [3.63, 3.8) is 0 Å². The number of halogens is 1. The van der Waals surface area contributed by atoms with Gasteiger partial charge in [0.2, 0.25) is 5.91 Å². The summed E-state index contributed by atoms with van der Waals surface area (Å²) in [6.45, 7) is 8.31. The molecule has 2 rings (SSSR count). The second-order valence-electron chi connectivity index (χ2n) is 6.94. The molecule has 4 heteroatoms. The largest absolute Gasteiger partial charge is 0.329 e. The fraction of sp³-hybridized carbons (Fsp3) is 0.588. The molecular formula is C17H25BrN2O. The van der Waals surface area contributed by atoms with E-state index < -0.39 is 0 Å². The summed E-state index contributed by atoms with van der Waals surface area (Å²) in [5, 5.41) is 0. The first kappa shape index (κ1) is 16.5. The van der Waals surface area contributed by atoms with Gasteiger partial charge in [0.25, 0.3) is 0 Å². The van der Waals surface area contributed by atoms with Gasteiger partial charge in [-0.2, -0.15) is 0 Å². The molecule has 1 saturated heterocycles. The third-order valence-corrected chi connectivity index (χ3v) is 4.99. The normalized spacial score (nSPS) is 24.1. The number of hydrogen-bond donors (Lipinski definition) is 1. The third-order valence-electron chi connectivity index (χ3n) is 4.14. The Balaban J connectivity index is 2.51. The van der Waals surface area contributed by atoms with Crippen LogP contribution in [0.1, 0.15) is 57.2 Å². The lowest BCUT2D eigenvalue weighted by molar-refractivity contribution is -0.139. The van der Waals surface area contributed by atoms with E-state index in [1.807, 2.05) is 4.90 Å². The van der Waals surface area contributed by atoms with Crippen LogP contribution in [0.25, 0.3) is 0 Å². The monoisotopic (exact) mass is 352 g/mol. The van der Waals surface area contributed by atoms with Crippen LogP contribution in [0.2, 0.25) is 0 Å². The summed E-state index contributed by atoms with van der Waals surface area (Å²) in [7, 11) is 0. The molecule has 0 aromatic heterocycles. The van der Waals surface area contributed by atoms with Crippen molar-refractivity contribution < 1.29 is 4.79 Å². The topological polar surface area (TPSA) is 46.3 Å². The number of nitrogens with zero attached hydrogens (tertiary/aromatic N) is 1. The minimum Gasteiger partial charge on any atom is -0.329 e. The molecule has 1 aliphatic heterocycles. The number of carbonyl (C=O) groups is 1. The lowest BCUT2D eigenvalue weighted by atomic mass is 9.92. The quantitative estimate of drug-likeness (QED) is 0.831. The summed E-state index contributed by atoms with van der Waals surface area (Å²) >= 11 is 3.59. The van der Waals surface area contributed by atoms with Gasteiger partial charge in [-0.15, -0.1) is 0 Å². The first-order chi connectivity index (χ1) is 9.71. The summed E-state index contributed by atoms with van der Waals surface area (Å²) in [6, 6.07) is 6.21. The highest BCUT2D eigenvalue weighted by molar-refractivity contribution is 9.10. The standard InChI is InChI=1S/C17H25BrN2O/c1-11-8-9-12(10-13(11)18)16-14(19)6-5-7-15(21)20(16)17(2,3)4/h8-10,14,16H,5-7,19H2,1-4H3. The number of likely N-dealkylation sites (tertiary alicyclic amines) is 1. The molecule has 2 atom stereocenters.